The molecular formula is C13H12N2O2. The summed E-state index contributed by atoms with van der Waals surface area (Å²) in [5, 5.41) is 9.19. The fourth-order valence-electron chi connectivity index (χ4n) is 1.56. The van der Waals surface area contributed by atoms with E-state index in [9.17, 15) is 9.90 Å². The minimum Gasteiger partial charge on any atom is -0.465 e. The van der Waals surface area contributed by atoms with Gasteiger partial charge in [0.15, 0.2) is 0 Å². The lowest BCUT2D eigenvalue weighted by Gasteiger charge is -2.18. The van der Waals surface area contributed by atoms with Gasteiger partial charge in [-0.1, -0.05) is 30.3 Å². The van der Waals surface area contributed by atoms with Gasteiger partial charge in [0.25, 0.3) is 0 Å². The Hall–Kier alpha value is -2.36. The summed E-state index contributed by atoms with van der Waals surface area (Å²) < 4.78 is 0. The number of benzene rings is 1. The first-order chi connectivity index (χ1) is 8.27. The van der Waals surface area contributed by atoms with Crippen LogP contribution in [-0.2, 0) is 6.54 Å². The molecule has 0 aliphatic carbocycles. The fourth-order valence-corrected chi connectivity index (χ4v) is 1.56. The predicted octanol–water partition coefficient (Wildman–Crippen LogP) is 2.77. The van der Waals surface area contributed by atoms with E-state index in [2.05, 4.69) is 4.98 Å². The highest BCUT2D eigenvalue weighted by Gasteiger charge is 2.14. The highest BCUT2D eigenvalue weighted by atomic mass is 16.4. The summed E-state index contributed by atoms with van der Waals surface area (Å²) in [5.74, 6) is 0. The van der Waals surface area contributed by atoms with Crippen LogP contribution in [0, 0.1) is 0 Å². The maximum absolute atomic E-state index is 11.2. The van der Waals surface area contributed by atoms with E-state index in [0.717, 1.165) is 5.56 Å². The molecule has 1 amide bonds. The van der Waals surface area contributed by atoms with Crippen LogP contribution in [-0.4, -0.2) is 16.2 Å². The molecule has 0 saturated carbocycles. The van der Waals surface area contributed by atoms with Crippen LogP contribution in [0.1, 0.15) is 5.56 Å². The lowest BCUT2D eigenvalue weighted by Crippen LogP contribution is -2.28. The van der Waals surface area contributed by atoms with E-state index in [1.165, 1.54) is 4.90 Å². The Labute approximate surface area is 99.2 Å². The van der Waals surface area contributed by atoms with Gasteiger partial charge in [0, 0.05) is 12.4 Å². The van der Waals surface area contributed by atoms with E-state index < -0.39 is 6.09 Å². The smallest absolute Gasteiger partial charge is 0.412 e. The van der Waals surface area contributed by atoms with Crippen molar-refractivity contribution in [2.75, 3.05) is 4.90 Å². The van der Waals surface area contributed by atoms with Gasteiger partial charge < -0.3 is 5.11 Å². The zero-order valence-corrected chi connectivity index (χ0v) is 9.15. The van der Waals surface area contributed by atoms with Gasteiger partial charge in [-0.05, 0) is 17.7 Å². The second-order valence-electron chi connectivity index (χ2n) is 3.56. The van der Waals surface area contributed by atoms with Crippen LogP contribution in [0.15, 0.2) is 54.9 Å². The number of carboxylic acid groups (broad SMARTS) is 1. The van der Waals surface area contributed by atoms with E-state index >= 15 is 0 Å². The summed E-state index contributed by atoms with van der Waals surface area (Å²) in [4.78, 5) is 16.4. The molecule has 1 N–H and O–H groups in total. The van der Waals surface area contributed by atoms with Crippen LogP contribution < -0.4 is 4.90 Å². The largest absolute Gasteiger partial charge is 0.465 e. The molecule has 4 heteroatoms. The summed E-state index contributed by atoms with van der Waals surface area (Å²) >= 11 is 0. The lowest BCUT2D eigenvalue weighted by molar-refractivity contribution is 0.201. The number of nitrogens with zero attached hydrogens (tertiary/aromatic N) is 2. The van der Waals surface area contributed by atoms with E-state index in [4.69, 9.17) is 0 Å². The van der Waals surface area contributed by atoms with Crippen molar-refractivity contribution in [3.8, 4) is 0 Å². The maximum atomic E-state index is 11.2. The Morgan fingerprint density at radius 2 is 1.76 bits per heavy atom. The normalized spacial score (nSPS) is 9.88. The summed E-state index contributed by atoms with van der Waals surface area (Å²) in [6, 6.07) is 12.8. The molecule has 0 fully saturated rings. The van der Waals surface area contributed by atoms with Crippen molar-refractivity contribution in [2.24, 2.45) is 0 Å². The molecule has 0 bridgehead atoms. The van der Waals surface area contributed by atoms with Crippen molar-refractivity contribution in [1.82, 2.24) is 4.98 Å². The highest BCUT2D eigenvalue weighted by molar-refractivity contribution is 5.85. The Balaban J connectivity index is 2.23. The number of hydrogen-bond donors (Lipinski definition) is 1. The third-order valence-corrected chi connectivity index (χ3v) is 2.39. The first kappa shape index (κ1) is 11.1. The average molecular weight is 228 g/mol. The summed E-state index contributed by atoms with van der Waals surface area (Å²) in [7, 11) is 0. The fraction of sp³-hybridized carbons (Fsp3) is 0.0769. The number of carbonyl (C=O) groups is 1. The quantitative estimate of drug-likeness (QED) is 0.878. The average Bonchev–Trinajstić information content (AvgIpc) is 2.38. The van der Waals surface area contributed by atoms with Crippen LogP contribution in [0.4, 0.5) is 10.5 Å². The van der Waals surface area contributed by atoms with Crippen LogP contribution in [0.2, 0.25) is 0 Å². The zero-order valence-electron chi connectivity index (χ0n) is 9.15. The molecule has 1 aromatic carbocycles. The van der Waals surface area contributed by atoms with Crippen molar-refractivity contribution >= 4 is 11.8 Å². The number of pyridine rings is 1. The Morgan fingerprint density at radius 1 is 1.12 bits per heavy atom. The first-order valence-corrected chi connectivity index (χ1v) is 5.22. The minimum atomic E-state index is -0.972. The van der Waals surface area contributed by atoms with Crippen molar-refractivity contribution in [1.29, 1.82) is 0 Å². The van der Waals surface area contributed by atoms with Crippen molar-refractivity contribution in [3.63, 3.8) is 0 Å². The molecule has 2 aromatic rings. The molecule has 0 spiro atoms. The van der Waals surface area contributed by atoms with Crippen molar-refractivity contribution in [2.45, 2.75) is 6.54 Å². The number of rotatable bonds is 3. The molecule has 1 heterocycles. The number of amides is 1. The standard InChI is InChI=1S/C13H12N2O2/c16-13(17)15(12-6-8-14-9-7-12)10-11-4-2-1-3-5-11/h1-9H,10H2,(H,16,17). The molecule has 4 nitrogen and oxygen atoms in total. The first-order valence-electron chi connectivity index (χ1n) is 5.22. The van der Waals surface area contributed by atoms with E-state index in [1.54, 1.807) is 24.5 Å². The minimum absolute atomic E-state index is 0.334. The topological polar surface area (TPSA) is 53.4 Å². The Bertz CT molecular complexity index is 485. The van der Waals surface area contributed by atoms with Crippen LogP contribution in [0.5, 0.6) is 0 Å². The van der Waals surface area contributed by atoms with E-state index in [-0.39, 0.29) is 0 Å². The van der Waals surface area contributed by atoms with Gasteiger partial charge >= 0.3 is 6.09 Å². The van der Waals surface area contributed by atoms with E-state index in [0.29, 0.717) is 12.2 Å². The summed E-state index contributed by atoms with van der Waals surface area (Å²) in [6.45, 7) is 0.334. The summed E-state index contributed by atoms with van der Waals surface area (Å²) in [5.41, 5.74) is 1.57. The molecule has 0 unspecified atom stereocenters. The molecule has 1 aromatic heterocycles. The van der Waals surface area contributed by atoms with Gasteiger partial charge in [-0.2, -0.15) is 0 Å². The number of anilines is 1. The molecule has 0 atom stereocenters. The van der Waals surface area contributed by atoms with Crippen LogP contribution >= 0.6 is 0 Å². The lowest BCUT2D eigenvalue weighted by atomic mass is 10.2. The van der Waals surface area contributed by atoms with Gasteiger partial charge in [-0.15, -0.1) is 0 Å². The van der Waals surface area contributed by atoms with Gasteiger partial charge in [-0.3, -0.25) is 9.88 Å². The monoisotopic (exact) mass is 228 g/mol. The van der Waals surface area contributed by atoms with Crippen LogP contribution in [0.25, 0.3) is 0 Å². The van der Waals surface area contributed by atoms with Gasteiger partial charge in [0.2, 0.25) is 0 Å². The molecule has 2 rings (SSSR count). The van der Waals surface area contributed by atoms with Crippen molar-refractivity contribution < 1.29 is 9.90 Å². The zero-order chi connectivity index (χ0) is 12.1. The molecule has 17 heavy (non-hydrogen) atoms. The van der Waals surface area contributed by atoms with E-state index in [1.807, 2.05) is 30.3 Å². The third-order valence-electron chi connectivity index (χ3n) is 2.39. The Kier molecular flexibility index (Phi) is 3.35. The molecule has 0 aliphatic heterocycles. The highest BCUT2D eigenvalue weighted by Crippen LogP contribution is 2.15. The molecule has 86 valence electrons. The van der Waals surface area contributed by atoms with Gasteiger partial charge in [0.1, 0.15) is 0 Å². The molecular weight excluding hydrogens is 216 g/mol. The molecule has 0 saturated heterocycles. The van der Waals surface area contributed by atoms with Gasteiger partial charge in [0.05, 0.1) is 12.2 Å². The molecule has 0 aliphatic rings. The number of aromatic nitrogens is 1. The SMILES string of the molecule is O=C(O)N(Cc1ccccc1)c1ccncc1. The van der Waals surface area contributed by atoms with Crippen molar-refractivity contribution in [3.05, 3.63) is 60.4 Å². The van der Waals surface area contributed by atoms with Gasteiger partial charge in [-0.25, -0.2) is 4.79 Å². The van der Waals surface area contributed by atoms with Crippen LogP contribution in [0.3, 0.4) is 0 Å². The third kappa shape index (κ3) is 2.81. The Morgan fingerprint density at radius 3 is 2.35 bits per heavy atom. The predicted molar refractivity (Wildman–Crippen MR) is 64.9 cm³/mol. The molecule has 0 radical (unpaired) electrons. The second kappa shape index (κ2) is 5.12. The maximum Gasteiger partial charge on any atom is 0.412 e. The number of hydrogen-bond acceptors (Lipinski definition) is 2. The second-order valence-corrected chi connectivity index (χ2v) is 3.56. The summed E-state index contributed by atoms with van der Waals surface area (Å²) in [6.07, 6.45) is 2.19.